The Labute approximate surface area is 72.1 Å². The first-order chi connectivity index (χ1) is 6.04. The molecule has 0 aliphatic carbocycles. The van der Waals surface area contributed by atoms with Gasteiger partial charge in [-0.2, -0.15) is 0 Å². The minimum Gasteiger partial charge on any atom is -0.387 e. The highest BCUT2D eigenvalue weighted by atomic mass is 16.6. The summed E-state index contributed by atoms with van der Waals surface area (Å²) in [6.07, 6.45) is 0. The van der Waals surface area contributed by atoms with Gasteiger partial charge in [-0.1, -0.05) is 0 Å². The maximum absolute atomic E-state index is 10.4. The Hall–Kier alpha value is -2.18. The molecule has 0 saturated carbocycles. The van der Waals surface area contributed by atoms with Crippen LogP contribution in [0.15, 0.2) is 18.2 Å². The number of para-hydroxylation sites is 1. The lowest BCUT2D eigenvalue weighted by Crippen LogP contribution is -2.02. The van der Waals surface area contributed by atoms with Crippen molar-refractivity contribution in [2.45, 2.75) is 0 Å². The van der Waals surface area contributed by atoms with E-state index in [1.165, 1.54) is 18.2 Å². The molecule has 0 radical (unpaired) electrons. The van der Waals surface area contributed by atoms with Gasteiger partial charge in [0.2, 0.25) is 0 Å². The first-order valence-corrected chi connectivity index (χ1v) is 3.25. The molecule has 0 spiro atoms. The molecule has 1 aromatic rings. The second-order valence-corrected chi connectivity index (χ2v) is 2.26. The number of nitrogens with two attached hydrogens (primary N) is 1. The fraction of sp³-hybridized carbons (Fsp3) is 0. The molecule has 0 aliphatic rings. The van der Waals surface area contributed by atoms with E-state index >= 15 is 0 Å². The Kier molecular flexibility index (Phi) is 2.09. The van der Waals surface area contributed by atoms with E-state index in [1.807, 2.05) is 0 Å². The SMILES string of the molecule is Nc1c([N+](=O)O)cccc1[N+](=O)O. The monoisotopic (exact) mass is 185 g/mol. The predicted molar refractivity (Wildman–Crippen MR) is 41.0 cm³/mol. The molecule has 1 aromatic carbocycles. The zero-order valence-electron chi connectivity index (χ0n) is 6.41. The quantitative estimate of drug-likeness (QED) is 0.468. The molecule has 7 heteroatoms. The zero-order chi connectivity index (χ0) is 10.0. The van der Waals surface area contributed by atoms with Gasteiger partial charge in [0.05, 0.1) is 9.81 Å². The predicted octanol–water partition coefficient (Wildman–Crippen LogP) is 0.868. The summed E-state index contributed by atoms with van der Waals surface area (Å²) >= 11 is 0. The number of hydrogen-bond donors (Lipinski definition) is 3. The molecule has 1 rings (SSSR count). The lowest BCUT2D eigenvalue weighted by Gasteiger charge is -1.90. The number of hydrogen-bond acceptors (Lipinski definition) is 3. The van der Waals surface area contributed by atoms with E-state index in [4.69, 9.17) is 16.1 Å². The fourth-order valence-corrected chi connectivity index (χ4v) is 0.875. The van der Waals surface area contributed by atoms with Crippen LogP contribution in [0.2, 0.25) is 0 Å². The molecule has 0 amide bonds. The first kappa shape index (κ1) is 8.91. The van der Waals surface area contributed by atoms with Gasteiger partial charge in [-0.15, -0.1) is 0 Å². The molecule has 4 N–H and O–H groups in total. The van der Waals surface area contributed by atoms with Crippen LogP contribution < -0.4 is 5.73 Å². The molecule has 0 fully saturated rings. The summed E-state index contributed by atoms with van der Waals surface area (Å²) < 4.78 is 0. The normalized spacial score (nSPS) is 9.54. The molecule has 0 saturated heterocycles. The van der Waals surface area contributed by atoms with E-state index < -0.39 is 9.85 Å². The van der Waals surface area contributed by atoms with Gasteiger partial charge < -0.3 is 5.73 Å². The molecule has 0 unspecified atom stereocenters. The van der Waals surface area contributed by atoms with Crippen LogP contribution in [0.4, 0.5) is 17.1 Å². The smallest absolute Gasteiger partial charge is 0.346 e. The lowest BCUT2D eigenvalue weighted by molar-refractivity contribution is -0.734. The van der Waals surface area contributed by atoms with Crippen molar-refractivity contribution in [2.24, 2.45) is 0 Å². The molecular weight excluding hydrogens is 178 g/mol. The van der Waals surface area contributed by atoms with E-state index in [2.05, 4.69) is 0 Å². The van der Waals surface area contributed by atoms with Crippen molar-refractivity contribution < 1.29 is 20.3 Å². The van der Waals surface area contributed by atoms with Crippen molar-refractivity contribution in [3.8, 4) is 0 Å². The Morgan fingerprint density at radius 2 is 1.46 bits per heavy atom. The third-order valence-electron chi connectivity index (χ3n) is 1.47. The summed E-state index contributed by atoms with van der Waals surface area (Å²) in [7, 11) is 0. The zero-order valence-corrected chi connectivity index (χ0v) is 6.41. The summed E-state index contributed by atoms with van der Waals surface area (Å²) in [6.45, 7) is 0. The Balaban J connectivity index is 3.35. The molecule has 0 aromatic heterocycles. The van der Waals surface area contributed by atoms with Crippen molar-refractivity contribution in [3.05, 3.63) is 28.0 Å². The average Bonchev–Trinajstić information content (AvgIpc) is 2.03. The van der Waals surface area contributed by atoms with Crippen molar-refractivity contribution in [1.29, 1.82) is 0 Å². The summed E-state index contributed by atoms with van der Waals surface area (Å²) in [5.41, 5.74) is 4.39. The minimum absolute atomic E-state index is 0.294. The Morgan fingerprint density at radius 1 is 1.08 bits per heavy atom. The Bertz CT molecular complexity index is 344. The summed E-state index contributed by atoms with van der Waals surface area (Å²) in [5, 5.41) is 17.0. The van der Waals surface area contributed by atoms with Gasteiger partial charge in [-0.25, -0.2) is 10.4 Å². The van der Waals surface area contributed by atoms with Crippen molar-refractivity contribution >= 4 is 17.1 Å². The van der Waals surface area contributed by atoms with Crippen LogP contribution in [0.1, 0.15) is 0 Å². The number of rotatable bonds is 2. The molecule has 13 heavy (non-hydrogen) atoms. The first-order valence-electron chi connectivity index (χ1n) is 3.25. The lowest BCUT2D eigenvalue weighted by atomic mass is 10.2. The standard InChI is InChI=1S/C6H7N3O4/c7-6-4(8(10)11)2-1-3-5(6)9(12)13/h1-3H,7H2,(H,10,11)(H,12,13)/q+2. The van der Waals surface area contributed by atoms with E-state index in [9.17, 15) is 9.81 Å². The van der Waals surface area contributed by atoms with Crippen molar-refractivity contribution in [2.75, 3.05) is 5.73 Å². The molecule has 0 bridgehead atoms. The highest BCUT2D eigenvalue weighted by molar-refractivity contribution is 5.69. The molecule has 0 heterocycles. The topological polar surface area (TPSA) is 107 Å². The largest absolute Gasteiger partial charge is 0.387 e. The van der Waals surface area contributed by atoms with Crippen LogP contribution in [0.3, 0.4) is 0 Å². The van der Waals surface area contributed by atoms with Gasteiger partial charge in [-0.05, 0) is 6.07 Å². The van der Waals surface area contributed by atoms with Crippen LogP contribution >= 0.6 is 0 Å². The minimum atomic E-state index is -0.484. The van der Waals surface area contributed by atoms with Gasteiger partial charge in [0.1, 0.15) is 0 Å². The van der Waals surface area contributed by atoms with E-state index in [0.29, 0.717) is 0 Å². The van der Waals surface area contributed by atoms with Crippen LogP contribution in [-0.4, -0.2) is 20.3 Å². The second-order valence-electron chi connectivity index (χ2n) is 2.26. The van der Waals surface area contributed by atoms with Gasteiger partial charge in [0, 0.05) is 12.1 Å². The number of nitrogens with zero attached hydrogens (tertiary/aromatic N) is 2. The highest BCUT2D eigenvalue weighted by Gasteiger charge is 2.27. The van der Waals surface area contributed by atoms with Crippen LogP contribution in [-0.2, 0) is 0 Å². The highest BCUT2D eigenvalue weighted by Crippen LogP contribution is 2.29. The molecule has 0 atom stereocenters. The maximum Gasteiger partial charge on any atom is 0.346 e. The van der Waals surface area contributed by atoms with Gasteiger partial charge in [0.25, 0.3) is 9.85 Å². The third kappa shape index (κ3) is 1.53. The number of benzene rings is 1. The van der Waals surface area contributed by atoms with Crippen LogP contribution in [0.5, 0.6) is 0 Å². The summed E-state index contributed by atoms with van der Waals surface area (Å²) in [5.74, 6) is 0. The van der Waals surface area contributed by atoms with E-state index in [1.54, 1.807) is 0 Å². The van der Waals surface area contributed by atoms with Gasteiger partial charge in [-0.3, -0.25) is 0 Å². The van der Waals surface area contributed by atoms with E-state index in [0.717, 1.165) is 0 Å². The van der Waals surface area contributed by atoms with Crippen LogP contribution in [0, 0.1) is 9.81 Å². The Morgan fingerprint density at radius 3 is 1.77 bits per heavy atom. The second kappa shape index (κ2) is 3.05. The summed E-state index contributed by atoms with van der Waals surface area (Å²) in [4.78, 5) is 19.9. The van der Waals surface area contributed by atoms with Crippen molar-refractivity contribution in [3.63, 3.8) is 0 Å². The number of anilines is 1. The molecular formula is C6H7N3O4+2. The van der Waals surface area contributed by atoms with Crippen LogP contribution in [0.25, 0.3) is 0 Å². The molecule has 7 nitrogen and oxygen atoms in total. The third-order valence-corrected chi connectivity index (χ3v) is 1.47. The van der Waals surface area contributed by atoms with E-state index in [-0.39, 0.29) is 17.1 Å². The number of nitrogen functional groups attached to an aromatic ring is 1. The fourth-order valence-electron chi connectivity index (χ4n) is 0.875. The molecule has 68 valence electrons. The molecule has 0 aliphatic heterocycles. The van der Waals surface area contributed by atoms with Crippen molar-refractivity contribution in [1.82, 2.24) is 0 Å². The average molecular weight is 185 g/mol. The summed E-state index contributed by atoms with van der Waals surface area (Å²) in [6, 6.07) is 3.70. The maximum atomic E-state index is 10.4. The van der Waals surface area contributed by atoms with Gasteiger partial charge in [0.15, 0.2) is 5.69 Å². The van der Waals surface area contributed by atoms with Gasteiger partial charge >= 0.3 is 11.4 Å².